The van der Waals surface area contributed by atoms with Gasteiger partial charge in [0.25, 0.3) is 0 Å². The van der Waals surface area contributed by atoms with Crippen molar-refractivity contribution in [3.8, 4) is 0 Å². The number of aliphatic imine (C=N–C) groups is 1. The molecule has 0 bridgehead atoms. The molecule has 1 fully saturated rings. The van der Waals surface area contributed by atoms with Crippen LogP contribution in [0.3, 0.4) is 0 Å². The zero-order chi connectivity index (χ0) is 27.7. The van der Waals surface area contributed by atoms with Gasteiger partial charge in [0.05, 0.1) is 6.34 Å². The number of imide groups is 1. The van der Waals surface area contributed by atoms with E-state index in [9.17, 15) is 28.0 Å². The monoisotopic (exact) mass is 533 g/mol. The number of hydrogen-bond acceptors (Lipinski definition) is 6. The van der Waals surface area contributed by atoms with Crippen molar-refractivity contribution in [2.45, 2.75) is 33.8 Å². The zero-order valence-corrected chi connectivity index (χ0v) is 21.4. The molecule has 0 saturated carbocycles. The Labute approximate surface area is 218 Å². The number of Topliss-reactive ketones (excluding diaryl/α,β-unsaturated/α-hetero) is 1. The first kappa shape index (κ1) is 29.3. The second-order valence-electron chi connectivity index (χ2n) is 8.17. The van der Waals surface area contributed by atoms with E-state index in [4.69, 9.17) is 16.3 Å². The number of nitrogens with zero attached hydrogens (tertiary/aromatic N) is 2. The number of carbonyl (C=O) groups excluding carboxylic acids is 4. The Hall–Kier alpha value is -3.92. The lowest BCUT2D eigenvalue weighted by molar-refractivity contribution is -0.137. The van der Waals surface area contributed by atoms with Crippen molar-refractivity contribution in [3.63, 3.8) is 0 Å². The average molecular weight is 534 g/mol. The van der Waals surface area contributed by atoms with Crippen molar-refractivity contribution in [1.82, 2.24) is 10.2 Å². The maximum Gasteiger partial charge on any atom is 0.234 e. The molecule has 3 rings (SSSR count). The molecule has 11 heteroatoms. The Kier molecular flexibility index (Phi) is 10.6. The van der Waals surface area contributed by atoms with Crippen molar-refractivity contribution in [2.24, 2.45) is 10.9 Å². The molecule has 2 aromatic carbocycles. The van der Waals surface area contributed by atoms with E-state index in [0.29, 0.717) is 24.0 Å². The molecular weight excluding hydrogens is 508 g/mol. The standard InChI is InChI=1S/C20H17ClF2N2O3.C6H9NO2/c1-12-3-4-14(13(2)27)7-17(12)19(21)20(25-10-24-11-26)28-9-15-5-6-16(22)8-18(15)23;1-4-3-5(8)7(2)6(4)9/h3-8,10-11H,9H2,1-2H3,(H,24,25,26);4H,3H2,1-2H3/b20-19-;. The first-order chi connectivity index (χ1) is 17.5. The van der Waals surface area contributed by atoms with Crippen LogP contribution < -0.4 is 5.32 Å². The molecule has 1 N–H and O–H groups in total. The van der Waals surface area contributed by atoms with Gasteiger partial charge < -0.3 is 10.1 Å². The minimum absolute atomic E-state index is 0.0556. The van der Waals surface area contributed by atoms with Crippen LogP contribution in [0, 0.1) is 24.5 Å². The number of carbonyl (C=O) groups is 4. The summed E-state index contributed by atoms with van der Waals surface area (Å²) in [6, 6.07) is 8.05. The van der Waals surface area contributed by atoms with E-state index in [1.54, 1.807) is 32.0 Å². The predicted molar refractivity (Wildman–Crippen MR) is 134 cm³/mol. The third-order valence-corrected chi connectivity index (χ3v) is 5.74. The number of likely N-dealkylation sites (tertiary alicyclic amines) is 1. The fourth-order valence-corrected chi connectivity index (χ4v) is 3.51. The molecule has 3 amide bonds. The molecule has 2 aromatic rings. The largest absolute Gasteiger partial charge is 0.472 e. The van der Waals surface area contributed by atoms with Crippen molar-refractivity contribution >= 4 is 47.0 Å². The maximum atomic E-state index is 13.8. The summed E-state index contributed by atoms with van der Waals surface area (Å²) >= 11 is 6.42. The molecule has 1 heterocycles. The molecular formula is C26H26ClF2N3O5. The summed E-state index contributed by atoms with van der Waals surface area (Å²) in [4.78, 5) is 48.7. The fourth-order valence-electron chi connectivity index (χ4n) is 3.20. The maximum absolute atomic E-state index is 13.8. The second kappa shape index (κ2) is 13.4. The molecule has 0 aliphatic carbocycles. The number of rotatable bonds is 8. The van der Waals surface area contributed by atoms with Crippen LogP contribution >= 0.6 is 11.6 Å². The molecule has 1 unspecified atom stereocenters. The van der Waals surface area contributed by atoms with Gasteiger partial charge >= 0.3 is 0 Å². The molecule has 0 aromatic heterocycles. The van der Waals surface area contributed by atoms with Crippen LogP contribution in [0.25, 0.3) is 5.03 Å². The van der Waals surface area contributed by atoms with Crippen molar-refractivity contribution < 1.29 is 32.7 Å². The van der Waals surface area contributed by atoms with E-state index in [1.807, 2.05) is 0 Å². The first-order valence-electron chi connectivity index (χ1n) is 11.1. The van der Waals surface area contributed by atoms with Gasteiger partial charge in [0.15, 0.2) is 5.78 Å². The minimum atomic E-state index is -0.778. The Morgan fingerprint density at radius 3 is 2.46 bits per heavy atom. The molecule has 1 aliphatic heterocycles. The topological polar surface area (TPSA) is 105 Å². The molecule has 196 valence electrons. The smallest absolute Gasteiger partial charge is 0.234 e. The lowest BCUT2D eigenvalue weighted by Gasteiger charge is -2.12. The van der Waals surface area contributed by atoms with Gasteiger partial charge in [0, 0.05) is 42.1 Å². The predicted octanol–water partition coefficient (Wildman–Crippen LogP) is 4.34. The zero-order valence-electron chi connectivity index (χ0n) is 20.7. The summed E-state index contributed by atoms with van der Waals surface area (Å²) in [5, 5.41) is 2.29. The van der Waals surface area contributed by atoms with Gasteiger partial charge in [-0.3, -0.25) is 24.1 Å². The highest BCUT2D eigenvalue weighted by Crippen LogP contribution is 2.29. The van der Waals surface area contributed by atoms with Gasteiger partial charge in [-0.2, -0.15) is 0 Å². The lowest BCUT2D eigenvalue weighted by Crippen LogP contribution is -2.24. The van der Waals surface area contributed by atoms with Gasteiger partial charge in [-0.15, -0.1) is 0 Å². The highest BCUT2D eigenvalue weighted by atomic mass is 35.5. The third kappa shape index (κ3) is 8.04. The summed E-state index contributed by atoms with van der Waals surface area (Å²) in [5.74, 6) is -1.95. The van der Waals surface area contributed by atoms with Crippen LogP contribution in [-0.4, -0.2) is 42.3 Å². The van der Waals surface area contributed by atoms with Crippen LogP contribution in [0.4, 0.5) is 8.78 Å². The number of hydrogen-bond donors (Lipinski definition) is 1. The number of ketones is 1. The van der Waals surface area contributed by atoms with Gasteiger partial charge in [-0.25, -0.2) is 13.8 Å². The molecule has 1 aliphatic rings. The van der Waals surface area contributed by atoms with E-state index in [2.05, 4.69) is 10.3 Å². The van der Waals surface area contributed by atoms with E-state index >= 15 is 0 Å². The van der Waals surface area contributed by atoms with Gasteiger partial charge in [0.1, 0.15) is 23.3 Å². The Morgan fingerprint density at radius 2 is 1.95 bits per heavy atom. The van der Waals surface area contributed by atoms with Crippen LogP contribution in [-0.2, 0) is 25.7 Å². The number of benzene rings is 2. The molecule has 1 atom stereocenters. The Morgan fingerprint density at radius 1 is 1.24 bits per heavy atom. The van der Waals surface area contributed by atoms with Gasteiger partial charge in [-0.1, -0.05) is 30.7 Å². The minimum Gasteiger partial charge on any atom is -0.472 e. The van der Waals surface area contributed by atoms with Crippen molar-refractivity contribution in [3.05, 3.63) is 76.2 Å². The van der Waals surface area contributed by atoms with Crippen molar-refractivity contribution in [2.75, 3.05) is 7.05 Å². The van der Waals surface area contributed by atoms with Crippen molar-refractivity contribution in [1.29, 1.82) is 0 Å². The summed E-state index contributed by atoms with van der Waals surface area (Å²) < 4.78 is 32.4. The van der Waals surface area contributed by atoms with E-state index < -0.39 is 11.6 Å². The van der Waals surface area contributed by atoms with Crippen LogP contribution in [0.2, 0.25) is 0 Å². The first-order valence-corrected chi connectivity index (χ1v) is 11.4. The van der Waals surface area contributed by atoms with Crippen LogP contribution in [0.1, 0.15) is 47.3 Å². The fraction of sp³-hybridized carbons (Fsp3) is 0.269. The number of halogens is 3. The summed E-state index contributed by atoms with van der Waals surface area (Å²) in [5.41, 5.74) is 1.78. The molecule has 0 spiro atoms. The quantitative estimate of drug-likeness (QED) is 0.136. The number of amides is 3. The summed E-state index contributed by atoms with van der Waals surface area (Å²) in [6.07, 6.45) is 1.83. The SMILES string of the molecule is CC(=O)c1ccc(C)c(/C(Cl)=C(\N=C/NC=O)OCc2ccc(F)cc2F)c1.CC1CC(=O)N(C)C1=O. The molecule has 8 nitrogen and oxygen atoms in total. The van der Waals surface area contributed by atoms with E-state index in [0.717, 1.165) is 24.0 Å². The molecule has 0 radical (unpaired) electrons. The molecule has 37 heavy (non-hydrogen) atoms. The van der Waals surface area contributed by atoms with E-state index in [1.165, 1.54) is 24.9 Å². The summed E-state index contributed by atoms with van der Waals surface area (Å²) in [7, 11) is 1.52. The number of ether oxygens (including phenoxy) is 1. The Balaban J connectivity index is 0.000000449. The highest BCUT2D eigenvalue weighted by Gasteiger charge is 2.32. The lowest BCUT2D eigenvalue weighted by atomic mass is 10.0. The normalized spacial score (nSPS) is 15.8. The second-order valence-corrected chi connectivity index (χ2v) is 8.55. The Bertz CT molecular complexity index is 1260. The average Bonchev–Trinajstić information content (AvgIpc) is 3.07. The third-order valence-electron chi connectivity index (χ3n) is 5.38. The van der Waals surface area contributed by atoms with E-state index in [-0.39, 0.29) is 46.6 Å². The van der Waals surface area contributed by atoms with Crippen LogP contribution in [0.15, 0.2) is 47.3 Å². The highest BCUT2D eigenvalue weighted by molar-refractivity contribution is 6.49. The number of nitrogens with one attached hydrogen (secondary N) is 1. The van der Waals surface area contributed by atoms with Crippen LogP contribution in [0.5, 0.6) is 0 Å². The summed E-state index contributed by atoms with van der Waals surface area (Å²) in [6.45, 7) is 4.70. The number of aryl methyl sites for hydroxylation is 1. The van der Waals surface area contributed by atoms with Gasteiger partial charge in [-0.05, 0) is 37.6 Å². The van der Waals surface area contributed by atoms with Gasteiger partial charge in [0.2, 0.25) is 24.1 Å². The molecule has 1 saturated heterocycles.